The lowest BCUT2D eigenvalue weighted by Crippen LogP contribution is -2.23. The van der Waals surface area contributed by atoms with E-state index in [-0.39, 0.29) is 31.2 Å². The van der Waals surface area contributed by atoms with E-state index in [2.05, 4.69) is 0 Å². The lowest BCUT2D eigenvalue weighted by Gasteiger charge is -2.01. The van der Waals surface area contributed by atoms with Crippen LogP contribution in [0.5, 0.6) is 0 Å². The number of allylic oxidation sites excluding steroid dienone is 2. The third-order valence-corrected chi connectivity index (χ3v) is 2.48. The van der Waals surface area contributed by atoms with Gasteiger partial charge < -0.3 is 19.7 Å². The molecule has 28 heavy (non-hydrogen) atoms. The summed E-state index contributed by atoms with van der Waals surface area (Å²) in [7, 11) is 0. The number of hydrogen-bond donors (Lipinski definition) is 2. The van der Waals surface area contributed by atoms with Crippen LogP contribution in [0.15, 0.2) is 24.3 Å². The van der Waals surface area contributed by atoms with Gasteiger partial charge in [-0.05, 0) is 20.8 Å². The first-order chi connectivity index (χ1) is 12.9. The number of hydrogen-bond acceptors (Lipinski definition) is 6. The first-order valence-electron chi connectivity index (χ1n) is 8.22. The standard InChI is InChI=1S/C9H14O3.C5H5F3O3.C4H8O/c1-3-4-7-12-9(11)6-5-8(2)10;6-5(7,8)3(9)1-2-4(10)11;1-2-3-4-5/h3-4H,5-7H2,1-2H3;1-2H2,(H,10,11);2-3,5H,4H2,1H3/b4-3+;;3-2+. The average Bonchev–Trinajstić information content (AvgIpc) is 2.59. The molecule has 0 spiro atoms. The summed E-state index contributed by atoms with van der Waals surface area (Å²) in [5.41, 5.74) is 0. The lowest BCUT2D eigenvalue weighted by molar-refractivity contribution is -0.171. The first-order valence-corrected chi connectivity index (χ1v) is 8.22. The van der Waals surface area contributed by atoms with Crippen LogP contribution in [0.3, 0.4) is 0 Å². The number of ketones is 2. The number of Topliss-reactive ketones (excluding diaryl/α,β-unsaturated/α-hetero) is 2. The third-order valence-electron chi connectivity index (χ3n) is 2.48. The minimum absolute atomic E-state index is 0.0120. The number of alkyl halides is 3. The van der Waals surface area contributed by atoms with Crippen molar-refractivity contribution in [3.63, 3.8) is 0 Å². The van der Waals surface area contributed by atoms with Gasteiger partial charge in [0.1, 0.15) is 12.4 Å². The number of carboxylic acids is 1. The Hall–Kier alpha value is -2.49. The fraction of sp³-hybridized carbons (Fsp3) is 0.556. The van der Waals surface area contributed by atoms with Crippen LogP contribution >= 0.6 is 0 Å². The number of aliphatic hydroxyl groups is 1. The Morgan fingerprint density at radius 3 is 1.79 bits per heavy atom. The van der Waals surface area contributed by atoms with Crippen LogP contribution in [0, 0.1) is 0 Å². The molecule has 0 aliphatic heterocycles. The topological polar surface area (TPSA) is 118 Å². The Kier molecular flexibility index (Phi) is 20.8. The highest BCUT2D eigenvalue weighted by Crippen LogP contribution is 2.18. The van der Waals surface area contributed by atoms with E-state index in [0.717, 1.165) is 0 Å². The summed E-state index contributed by atoms with van der Waals surface area (Å²) in [5, 5.41) is 15.9. The summed E-state index contributed by atoms with van der Waals surface area (Å²) in [5.74, 6) is -3.72. The van der Waals surface area contributed by atoms with Crippen molar-refractivity contribution in [1.82, 2.24) is 0 Å². The van der Waals surface area contributed by atoms with E-state index in [9.17, 15) is 32.3 Å². The Labute approximate surface area is 161 Å². The molecule has 0 bridgehead atoms. The minimum Gasteiger partial charge on any atom is -0.481 e. The van der Waals surface area contributed by atoms with E-state index in [1.54, 1.807) is 24.3 Å². The van der Waals surface area contributed by atoms with Crippen LogP contribution in [-0.4, -0.2) is 53.1 Å². The molecule has 0 aromatic heterocycles. The van der Waals surface area contributed by atoms with E-state index >= 15 is 0 Å². The van der Waals surface area contributed by atoms with Gasteiger partial charge in [-0.3, -0.25) is 14.4 Å². The molecule has 0 aliphatic rings. The van der Waals surface area contributed by atoms with E-state index in [0.29, 0.717) is 6.61 Å². The predicted octanol–water partition coefficient (Wildman–Crippen LogP) is 3.01. The number of halogens is 3. The molecule has 0 fully saturated rings. The number of carbonyl (C=O) groups excluding carboxylic acids is 3. The van der Waals surface area contributed by atoms with Crippen molar-refractivity contribution < 1.29 is 47.3 Å². The molecule has 0 heterocycles. The molecule has 162 valence electrons. The molecule has 0 atom stereocenters. The van der Waals surface area contributed by atoms with Gasteiger partial charge >= 0.3 is 18.1 Å². The van der Waals surface area contributed by atoms with Gasteiger partial charge in [-0.1, -0.05) is 24.3 Å². The molecule has 0 rings (SSSR count). The Morgan fingerprint density at radius 1 is 0.929 bits per heavy atom. The van der Waals surface area contributed by atoms with Gasteiger partial charge in [-0.2, -0.15) is 13.2 Å². The van der Waals surface area contributed by atoms with Gasteiger partial charge in [-0.25, -0.2) is 0 Å². The minimum atomic E-state index is -4.91. The molecule has 0 aromatic rings. The molecule has 0 unspecified atom stereocenters. The number of rotatable bonds is 9. The highest BCUT2D eigenvalue weighted by atomic mass is 19.4. The average molecular weight is 412 g/mol. The van der Waals surface area contributed by atoms with Crippen molar-refractivity contribution in [1.29, 1.82) is 0 Å². The van der Waals surface area contributed by atoms with Gasteiger partial charge in [0.25, 0.3) is 0 Å². The normalized spacial score (nSPS) is 10.5. The van der Waals surface area contributed by atoms with Crippen molar-refractivity contribution >= 4 is 23.5 Å². The summed E-state index contributed by atoms with van der Waals surface area (Å²) in [6, 6.07) is 0. The molecule has 0 radical (unpaired) electrons. The molecule has 0 saturated heterocycles. The SMILES string of the molecule is C/C=C/CO.C/C=C/COC(=O)CCC(C)=O.O=C(O)CCC(=O)C(F)(F)F. The number of aliphatic hydroxyl groups excluding tert-OH is 1. The maximum absolute atomic E-state index is 11.4. The van der Waals surface area contributed by atoms with Gasteiger partial charge in [0, 0.05) is 12.8 Å². The number of esters is 1. The maximum Gasteiger partial charge on any atom is 0.449 e. The van der Waals surface area contributed by atoms with Crippen molar-refractivity contribution in [3.05, 3.63) is 24.3 Å². The predicted molar refractivity (Wildman–Crippen MR) is 95.5 cm³/mol. The second-order valence-corrected chi connectivity index (χ2v) is 5.02. The van der Waals surface area contributed by atoms with Crippen LogP contribution in [-0.2, 0) is 23.9 Å². The van der Waals surface area contributed by atoms with E-state index in [4.69, 9.17) is 14.9 Å². The van der Waals surface area contributed by atoms with Crippen molar-refractivity contribution in [2.75, 3.05) is 13.2 Å². The fourth-order valence-electron chi connectivity index (χ4n) is 1.06. The summed E-state index contributed by atoms with van der Waals surface area (Å²) in [6.07, 6.45) is 0.818. The summed E-state index contributed by atoms with van der Waals surface area (Å²) >= 11 is 0. The van der Waals surface area contributed by atoms with Gasteiger partial charge in [-0.15, -0.1) is 0 Å². The molecule has 7 nitrogen and oxygen atoms in total. The van der Waals surface area contributed by atoms with Crippen molar-refractivity contribution in [2.24, 2.45) is 0 Å². The number of ether oxygens (including phenoxy) is 1. The molecule has 0 saturated carbocycles. The van der Waals surface area contributed by atoms with Crippen LogP contribution < -0.4 is 0 Å². The van der Waals surface area contributed by atoms with Crippen molar-refractivity contribution in [2.45, 2.75) is 52.6 Å². The number of carboxylic acid groups (broad SMARTS) is 1. The summed E-state index contributed by atoms with van der Waals surface area (Å²) in [6.45, 7) is 5.64. The Balaban J connectivity index is -0.000000362. The summed E-state index contributed by atoms with van der Waals surface area (Å²) in [4.78, 5) is 41.0. The molecule has 0 aromatic carbocycles. The molecule has 0 amide bonds. The molecule has 2 N–H and O–H groups in total. The summed E-state index contributed by atoms with van der Waals surface area (Å²) < 4.78 is 38.8. The quantitative estimate of drug-likeness (QED) is 0.441. The molecule has 0 aliphatic carbocycles. The monoisotopic (exact) mass is 412 g/mol. The lowest BCUT2D eigenvalue weighted by atomic mass is 10.2. The molecular formula is C18H27F3O7. The van der Waals surface area contributed by atoms with Gasteiger partial charge in [0.15, 0.2) is 0 Å². The molecular weight excluding hydrogens is 385 g/mol. The highest BCUT2D eigenvalue weighted by molar-refractivity contribution is 5.86. The smallest absolute Gasteiger partial charge is 0.449 e. The zero-order valence-electron chi connectivity index (χ0n) is 16.1. The van der Waals surface area contributed by atoms with Gasteiger partial charge in [0.2, 0.25) is 5.78 Å². The van der Waals surface area contributed by atoms with Gasteiger partial charge in [0.05, 0.1) is 19.4 Å². The highest BCUT2D eigenvalue weighted by Gasteiger charge is 2.37. The number of aliphatic carboxylic acids is 1. The third kappa shape index (κ3) is 28.3. The second kappa shape index (κ2) is 19.3. The van der Waals surface area contributed by atoms with Crippen molar-refractivity contribution in [3.8, 4) is 0 Å². The zero-order chi connectivity index (χ0) is 22.6. The first kappa shape index (κ1) is 30.2. The van der Waals surface area contributed by atoms with Crippen LogP contribution in [0.2, 0.25) is 0 Å². The van der Waals surface area contributed by atoms with Crippen LogP contribution in [0.4, 0.5) is 13.2 Å². The maximum atomic E-state index is 11.4. The van der Waals surface area contributed by atoms with Crippen LogP contribution in [0.25, 0.3) is 0 Å². The Morgan fingerprint density at radius 2 is 1.46 bits per heavy atom. The number of carbonyl (C=O) groups is 4. The largest absolute Gasteiger partial charge is 0.481 e. The fourth-order valence-corrected chi connectivity index (χ4v) is 1.06. The van der Waals surface area contributed by atoms with E-state index in [1.165, 1.54) is 6.92 Å². The molecule has 10 heteroatoms. The van der Waals surface area contributed by atoms with E-state index in [1.807, 2.05) is 13.8 Å². The second-order valence-electron chi connectivity index (χ2n) is 5.02. The van der Waals surface area contributed by atoms with Crippen LogP contribution in [0.1, 0.15) is 46.5 Å². The van der Waals surface area contributed by atoms with E-state index < -0.39 is 30.8 Å². The zero-order valence-corrected chi connectivity index (χ0v) is 16.1. The Bertz CT molecular complexity index is 524.